The number of hydrogen-bond donors (Lipinski definition) is 0. The summed E-state index contributed by atoms with van der Waals surface area (Å²) in [4.78, 5) is 7.20. The van der Waals surface area contributed by atoms with Gasteiger partial charge in [0, 0.05) is 58.7 Å². The fourth-order valence-corrected chi connectivity index (χ4v) is 1.36. The van der Waals surface area contributed by atoms with Crippen LogP contribution < -0.4 is 0 Å². The van der Waals surface area contributed by atoms with Crippen molar-refractivity contribution in [3.63, 3.8) is 0 Å². The molecule has 0 aromatic heterocycles. The Bertz CT molecular complexity index is 96.3. The maximum Gasteiger partial charge on any atom is 0.0107 e. The fraction of sp³-hybridized carbons (Fsp3) is 1.00. The summed E-state index contributed by atoms with van der Waals surface area (Å²) in [6, 6.07) is 0. The predicted octanol–water partition coefficient (Wildman–Crippen LogP) is -0.207. The molecule has 3 nitrogen and oxygen atoms in total. The molecule has 0 radical (unpaired) electrons. The van der Waals surface area contributed by atoms with E-state index < -0.39 is 0 Å². The van der Waals surface area contributed by atoms with E-state index in [9.17, 15) is 0 Å². The summed E-state index contributed by atoms with van der Waals surface area (Å²) in [5, 5.41) is 0. The summed E-state index contributed by atoms with van der Waals surface area (Å²) < 4.78 is 0. The van der Waals surface area contributed by atoms with Gasteiger partial charge in [0.15, 0.2) is 0 Å². The van der Waals surface area contributed by atoms with Gasteiger partial charge in [0.05, 0.1) is 0 Å². The van der Waals surface area contributed by atoms with Gasteiger partial charge in [-0.3, -0.25) is 0 Å². The molecule has 0 amide bonds. The number of hydrogen-bond acceptors (Lipinski definition) is 3. The molecule has 80 valence electrons. The zero-order chi connectivity index (χ0) is 8.97. The maximum atomic E-state index is 2.40. The van der Waals surface area contributed by atoms with Crippen molar-refractivity contribution < 1.29 is 19.5 Å². The molecule has 1 rings (SSSR count). The van der Waals surface area contributed by atoms with Gasteiger partial charge in [0.2, 0.25) is 0 Å². The average Bonchev–Trinajstić information content (AvgIpc) is 2.11. The molecular formula is C9H21N3Ru. The molecule has 1 saturated heterocycles. The number of nitrogens with zero attached hydrogens (tertiary/aromatic N) is 3. The molecule has 0 N–H and O–H groups in total. The fourth-order valence-electron chi connectivity index (χ4n) is 1.36. The first kappa shape index (κ1) is 13.5. The van der Waals surface area contributed by atoms with E-state index >= 15 is 0 Å². The van der Waals surface area contributed by atoms with E-state index in [1.165, 1.54) is 39.3 Å². The van der Waals surface area contributed by atoms with Crippen molar-refractivity contribution in [3.8, 4) is 0 Å². The van der Waals surface area contributed by atoms with Crippen molar-refractivity contribution in [2.45, 2.75) is 0 Å². The van der Waals surface area contributed by atoms with E-state index in [-0.39, 0.29) is 19.5 Å². The van der Waals surface area contributed by atoms with Crippen LogP contribution in [0.4, 0.5) is 0 Å². The minimum absolute atomic E-state index is 0. The van der Waals surface area contributed by atoms with Gasteiger partial charge in [-0.05, 0) is 21.1 Å². The van der Waals surface area contributed by atoms with Crippen molar-refractivity contribution in [1.82, 2.24) is 14.7 Å². The van der Waals surface area contributed by atoms with Crippen LogP contribution in [0.2, 0.25) is 0 Å². The molecule has 13 heavy (non-hydrogen) atoms. The standard InChI is InChI=1S/C9H21N3.Ru/c1-10-4-6-11(2)8-9-12(3)7-5-10;/h4-9H2,1-3H3;. The zero-order valence-electron chi connectivity index (χ0n) is 8.94. The van der Waals surface area contributed by atoms with E-state index in [1.807, 2.05) is 0 Å². The second-order valence-electron chi connectivity index (χ2n) is 3.91. The van der Waals surface area contributed by atoms with Gasteiger partial charge in [-0.2, -0.15) is 0 Å². The Morgan fingerprint density at radius 1 is 0.538 bits per heavy atom. The number of likely N-dealkylation sites (N-methyl/N-ethyl adjacent to an activating group) is 3. The molecular weight excluding hydrogens is 251 g/mol. The minimum atomic E-state index is 0. The van der Waals surface area contributed by atoms with Crippen LogP contribution in [0.5, 0.6) is 0 Å². The van der Waals surface area contributed by atoms with Crippen molar-refractivity contribution in [2.24, 2.45) is 0 Å². The number of rotatable bonds is 0. The van der Waals surface area contributed by atoms with Crippen LogP contribution in [0.15, 0.2) is 0 Å². The van der Waals surface area contributed by atoms with Crippen LogP contribution >= 0.6 is 0 Å². The van der Waals surface area contributed by atoms with Crippen LogP contribution in [0.3, 0.4) is 0 Å². The minimum Gasteiger partial charge on any atom is -0.304 e. The van der Waals surface area contributed by atoms with Crippen LogP contribution in [0.1, 0.15) is 0 Å². The van der Waals surface area contributed by atoms with Crippen molar-refractivity contribution in [3.05, 3.63) is 0 Å². The average molecular weight is 272 g/mol. The second-order valence-corrected chi connectivity index (χ2v) is 3.91. The molecule has 1 heterocycles. The molecule has 1 aliphatic rings. The summed E-state index contributed by atoms with van der Waals surface area (Å²) in [5.74, 6) is 0. The molecule has 4 heteroatoms. The quantitative estimate of drug-likeness (QED) is 0.565. The third kappa shape index (κ3) is 5.74. The smallest absolute Gasteiger partial charge is 0.0107 e. The first-order chi connectivity index (χ1) is 5.68. The first-order valence-corrected chi connectivity index (χ1v) is 4.74. The Balaban J connectivity index is 0.00000144. The molecule has 0 aliphatic carbocycles. The largest absolute Gasteiger partial charge is 0.304 e. The summed E-state index contributed by atoms with van der Waals surface area (Å²) in [6.07, 6.45) is 0. The summed E-state index contributed by atoms with van der Waals surface area (Å²) in [6.45, 7) is 7.19. The molecule has 1 fully saturated rings. The van der Waals surface area contributed by atoms with Gasteiger partial charge in [-0.1, -0.05) is 0 Å². The SMILES string of the molecule is CN1CCN(C)CCN(C)CC1.[Ru]. The van der Waals surface area contributed by atoms with Crippen LogP contribution in [-0.4, -0.2) is 75.1 Å². The monoisotopic (exact) mass is 273 g/mol. The third-order valence-electron chi connectivity index (χ3n) is 2.59. The van der Waals surface area contributed by atoms with Crippen molar-refractivity contribution in [1.29, 1.82) is 0 Å². The molecule has 0 bridgehead atoms. The van der Waals surface area contributed by atoms with Gasteiger partial charge < -0.3 is 14.7 Å². The Kier molecular flexibility index (Phi) is 7.15. The van der Waals surface area contributed by atoms with E-state index in [0.29, 0.717) is 0 Å². The topological polar surface area (TPSA) is 9.72 Å². The summed E-state index contributed by atoms with van der Waals surface area (Å²) >= 11 is 0. The Morgan fingerprint density at radius 2 is 0.692 bits per heavy atom. The molecule has 0 spiro atoms. The van der Waals surface area contributed by atoms with Crippen molar-refractivity contribution in [2.75, 3.05) is 60.4 Å². The van der Waals surface area contributed by atoms with Crippen LogP contribution in [0, 0.1) is 0 Å². The maximum absolute atomic E-state index is 2.40. The van der Waals surface area contributed by atoms with E-state index in [4.69, 9.17) is 0 Å². The molecule has 0 aromatic carbocycles. The zero-order valence-corrected chi connectivity index (χ0v) is 10.7. The van der Waals surface area contributed by atoms with E-state index in [2.05, 4.69) is 35.8 Å². The first-order valence-electron chi connectivity index (χ1n) is 4.74. The summed E-state index contributed by atoms with van der Waals surface area (Å²) in [5.41, 5.74) is 0. The van der Waals surface area contributed by atoms with Gasteiger partial charge in [0.25, 0.3) is 0 Å². The van der Waals surface area contributed by atoms with E-state index in [0.717, 1.165) is 0 Å². The summed E-state index contributed by atoms with van der Waals surface area (Å²) in [7, 11) is 6.60. The van der Waals surface area contributed by atoms with Crippen molar-refractivity contribution >= 4 is 0 Å². The van der Waals surface area contributed by atoms with E-state index in [1.54, 1.807) is 0 Å². The Morgan fingerprint density at radius 3 is 0.846 bits per heavy atom. The predicted molar refractivity (Wildman–Crippen MR) is 52.5 cm³/mol. The van der Waals surface area contributed by atoms with Gasteiger partial charge in [-0.15, -0.1) is 0 Å². The molecule has 0 unspecified atom stereocenters. The van der Waals surface area contributed by atoms with Crippen LogP contribution in [-0.2, 0) is 19.5 Å². The molecule has 0 saturated carbocycles. The van der Waals surface area contributed by atoms with Gasteiger partial charge in [-0.25, -0.2) is 0 Å². The Labute approximate surface area is 94.8 Å². The molecule has 0 atom stereocenters. The normalized spacial score (nSPS) is 24.2. The third-order valence-corrected chi connectivity index (χ3v) is 2.59. The Hall–Kier alpha value is 0.503. The molecule has 1 aliphatic heterocycles. The van der Waals surface area contributed by atoms with Gasteiger partial charge in [0.1, 0.15) is 0 Å². The molecule has 0 aromatic rings. The second kappa shape index (κ2) is 6.88. The van der Waals surface area contributed by atoms with Gasteiger partial charge >= 0.3 is 0 Å². The van der Waals surface area contributed by atoms with Crippen LogP contribution in [0.25, 0.3) is 0 Å².